The van der Waals surface area contributed by atoms with Gasteiger partial charge in [0.25, 0.3) is 0 Å². The summed E-state index contributed by atoms with van der Waals surface area (Å²) in [5, 5.41) is 0. The van der Waals surface area contributed by atoms with Gasteiger partial charge in [-0.2, -0.15) is 4.58 Å². The minimum absolute atomic E-state index is 0.112. The standard InChI is InChI=1S/C20H24NS/c1-6-21-14(2)20(3,4)18-13-16(9-12-19(18)21)15-7-10-17(22-5)11-8-15/h7-13H,6H2,1-5H3/q+1. The van der Waals surface area contributed by atoms with E-state index in [0.29, 0.717) is 0 Å². The molecule has 0 fully saturated rings. The first-order valence-electron chi connectivity index (χ1n) is 7.89. The highest BCUT2D eigenvalue weighted by molar-refractivity contribution is 7.98. The third kappa shape index (κ3) is 2.30. The van der Waals surface area contributed by atoms with E-state index in [1.807, 2.05) is 0 Å². The minimum atomic E-state index is 0.112. The van der Waals surface area contributed by atoms with Gasteiger partial charge >= 0.3 is 0 Å². The molecule has 1 aliphatic heterocycles. The van der Waals surface area contributed by atoms with Crippen molar-refractivity contribution in [3.63, 3.8) is 0 Å². The van der Waals surface area contributed by atoms with Gasteiger partial charge in [0.1, 0.15) is 6.54 Å². The second-order valence-electron chi connectivity index (χ2n) is 6.42. The van der Waals surface area contributed by atoms with Crippen molar-refractivity contribution in [2.45, 2.75) is 38.0 Å². The van der Waals surface area contributed by atoms with E-state index in [4.69, 9.17) is 0 Å². The van der Waals surface area contributed by atoms with Crippen LogP contribution in [0.25, 0.3) is 11.1 Å². The maximum Gasteiger partial charge on any atom is 0.209 e. The van der Waals surface area contributed by atoms with Crippen molar-refractivity contribution >= 4 is 23.2 Å². The monoisotopic (exact) mass is 310 g/mol. The van der Waals surface area contributed by atoms with Crippen molar-refractivity contribution in [1.82, 2.24) is 0 Å². The Labute approximate surface area is 138 Å². The van der Waals surface area contributed by atoms with Crippen LogP contribution in [0.2, 0.25) is 0 Å². The van der Waals surface area contributed by atoms with Crippen LogP contribution in [0.3, 0.4) is 0 Å². The predicted octanol–water partition coefficient (Wildman–Crippen LogP) is 5.49. The zero-order chi connectivity index (χ0) is 15.9. The number of thioether (sulfide) groups is 1. The molecule has 0 unspecified atom stereocenters. The Morgan fingerprint density at radius 2 is 1.64 bits per heavy atom. The zero-order valence-electron chi connectivity index (χ0n) is 14.1. The number of hydrogen-bond acceptors (Lipinski definition) is 1. The Morgan fingerprint density at radius 1 is 1.00 bits per heavy atom. The fraction of sp³-hybridized carbons (Fsp3) is 0.350. The largest absolute Gasteiger partial charge is 0.209 e. The molecule has 0 spiro atoms. The Bertz CT molecular complexity index is 739. The van der Waals surface area contributed by atoms with Gasteiger partial charge < -0.3 is 0 Å². The van der Waals surface area contributed by atoms with Crippen LogP contribution in [0.5, 0.6) is 0 Å². The molecule has 1 heterocycles. The summed E-state index contributed by atoms with van der Waals surface area (Å²) in [6.45, 7) is 10.2. The molecule has 0 aromatic heterocycles. The van der Waals surface area contributed by atoms with E-state index >= 15 is 0 Å². The van der Waals surface area contributed by atoms with Crippen LogP contribution in [0, 0.1) is 0 Å². The molecule has 0 atom stereocenters. The third-order valence-corrected chi connectivity index (χ3v) is 5.75. The van der Waals surface area contributed by atoms with Crippen LogP contribution >= 0.6 is 11.8 Å². The molecule has 0 N–H and O–H groups in total. The molecule has 0 bridgehead atoms. The highest BCUT2D eigenvalue weighted by Crippen LogP contribution is 2.41. The molecule has 2 aromatic rings. The van der Waals surface area contributed by atoms with Crippen molar-refractivity contribution in [1.29, 1.82) is 0 Å². The number of benzene rings is 2. The molecule has 0 radical (unpaired) electrons. The first kappa shape index (κ1) is 15.4. The summed E-state index contributed by atoms with van der Waals surface area (Å²) in [7, 11) is 0. The number of fused-ring (bicyclic) bond motifs is 1. The summed E-state index contributed by atoms with van der Waals surface area (Å²) in [6, 6.07) is 15.8. The van der Waals surface area contributed by atoms with Gasteiger partial charge in [-0.1, -0.05) is 12.1 Å². The quantitative estimate of drug-likeness (QED) is 0.535. The van der Waals surface area contributed by atoms with E-state index in [0.717, 1.165) is 6.54 Å². The van der Waals surface area contributed by atoms with Gasteiger partial charge in [-0.05, 0) is 62.4 Å². The lowest BCUT2D eigenvalue weighted by atomic mass is 9.81. The van der Waals surface area contributed by atoms with Gasteiger partial charge in [0.2, 0.25) is 5.69 Å². The smallest absolute Gasteiger partial charge is 0.199 e. The van der Waals surface area contributed by atoms with Crippen molar-refractivity contribution in [3.8, 4) is 11.1 Å². The molecule has 0 aliphatic carbocycles. The Morgan fingerprint density at radius 3 is 2.23 bits per heavy atom. The number of hydrogen-bond donors (Lipinski definition) is 0. The van der Waals surface area contributed by atoms with Crippen molar-refractivity contribution in [3.05, 3.63) is 48.0 Å². The van der Waals surface area contributed by atoms with Gasteiger partial charge in [0, 0.05) is 23.4 Å². The van der Waals surface area contributed by atoms with Gasteiger partial charge in [-0.3, -0.25) is 0 Å². The number of nitrogens with zero attached hydrogens (tertiary/aromatic N) is 1. The molecule has 22 heavy (non-hydrogen) atoms. The minimum Gasteiger partial charge on any atom is -0.199 e. The summed E-state index contributed by atoms with van der Waals surface area (Å²) in [5.74, 6) is 0. The lowest BCUT2D eigenvalue weighted by Crippen LogP contribution is -2.26. The summed E-state index contributed by atoms with van der Waals surface area (Å²) < 4.78 is 2.44. The average molecular weight is 310 g/mol. The van der Waals surface area contributed by atoms with Crippen LogP contribution in [0.1, 0.15) is 33.3 Å². The van der Waals surface area contributed by atoms with Gasteiger partial charge in [0.05, 0.1) is 5.41 Å². The summed E-state index contributed by atoms with van der Waals surface area (Å²) in [6.07, 6.45) is 2.12. The fourth-order valence-electron chi connectivity index (χ4n) is 3.36. The average Bonchev–Trinajstić information content (AvgIpc) is 2.74. The first-order chi connectivity index (χ1) is 10.5. The van der Waals surface area contributed by atoms with E-state index in [-0.39, 0.29) is 5.41 Å². The second kappa shape index (κ2) is 5.58. The molecule has 0 amide bonds. The molecule has 0 saturated heterocycles. The van der Waals surface area contributed by atoms with E-state index in [1.54, 1.807) is 11.8 Å². The maximum absolute atomic E-state index is 2.44. The highest BCUT2D eigenvalue weighted by Gasteiger charge is 2.42. The van der Waals surface area contributed by atoms with E-state index < -0.39 is 0 Å². The summed E-state index contributed by atoms with van der Waals surface area (Å²) >= 11 is 1.79. The summed E-state index contributed by atoms with van der Waals surface area (Å²) in [5.41, 5.74) is 6.97. The van der Waals surface area contributed by atoms with Crippen LogP contribution in [0.15, 0.2) is 47.4 Å². The van der Waals surface area contributed by atoms with Gasteiger partial charge in [-0.25, -0.2) is 0 Å². The number of rotatable bonds is 3. The van der Waals surface area contributed by atoms with Crippen LogP contribution < -0.4 is 0 Å². The van der Waals surface area contributed by atoms with Crippen molar-refractivity contribution < 1.29 is 4.58 Å². The topological polar surface area (TPSA) is 3.01 Å². The molecule has 2 aromatic carbocycles. The van der Waals surface area contributed by atoms with Crippen LogP contribution in [0.4, 0.5) is 5.69 Å². The molecular weight excluding hydrogens is 286 g/mol. The van der Waals surface area contributed by atoms with E-state index in [2.05, 4.69) is 81.0 Å². The van der Waals surface area contributed by atoms with Gasteiger partial charge in [-0.15, -0.1) is 11.8 Å². The van der Waals surface area contributed by atoms with E-state index in [9.17, 15) is 0 Å². The normalized spacial score (nSPS) is 16.0. The third-order valence-electron chi connectivity index (χ3n) is 5.01. The molecule has 2 heteroatoms. The maximum atomic E-state index is 2.44. The van der Waals surface area contributed by atoms with Crippen LogP contribution in [-0.2, 0) is 5.41 Å². The molecule has 1 aliphatic rings. The highest BCUT2D eigenvalue weighted by atomic mass is 32.2. The zero-order valence-corrected chi connectivity index (χ0v) is 14.9. The van der Waals surface area contributed by atoms with Crippen molar-refractivity contribution in [2.75, 3.05) is 12.8 Å². The second-order valence-corrected chi connectivity index (χ2v) is 7.29. The lowest BCUT2D eigenvalue weighted by Gasteiger charge is -2.16. The van der Waals surface area contributed by atoms with E-state index in [1.165, 1.54) is 33.0 Å². The Hall–Kier alpha value is -1.54. The Balaban J connectivity index is 2.08. The predicted molar refractivity (Wildman–Crippen MR) is 97.8 cm³/mol. The molecule has 114 valence electrons. The fourth-order valence-corrected chi connectivity index (χ4v) is 3.76. The van der Waals surface area contributed by atoms with Gasteiger partial charge in [0.15, 0.2) is 5.71 Å². The SMILES string of the molecule is CC[N+]1=C(C)C(C)(C)c2cc(-c3ccc(SC)cc3)ccc21. The van der Waals surface area contributed by atoms with Crippen LogP contribution in [-0.4, -0.2) is 23.1 Å². The molecule has 3 rings (SSSR count). The first-order valence-corrected chi connectivity index (χ1v) is 9.12. The Kier molecular flexibility index (Phi) is 3.90. The summed E-state index contributed by atoms with van der Waals surface area (Å²) in [4.78, 5) is 1.31. The van der Waals surface area contributed by atoms with Crippen molar-refractivity contribution in [2.24, 2.45) is 0 Å². The molecular formula is C20H24NS+. The lowest BCUT2D eigenvalue weighted by molar-refractivity contribution is -0.434. The molecule has 0 saturated carbocycles. The molecule has 1 nitrogen and oxygen atoms in total.